The van der Waals surface area contributed by atoms with E-state index in [4.69, 9.17) is 0 Å². The highest BCUT2D eigenvalue weighted by atomic mass is 15.2. The number of benzene rings is 1. The summed E-state index contributed by atoms with van der Waals surface area (Å²) in [6, 6.07) is 6.70. The first-order valence-corrected chi connectivity index (χ1v) is 6.21. The van der Waals surface area contributed by atoms with Gasteiger partial charge in [0.15, 0.2) is 0 Å². The third-order valence-electron chi connectivity index (χ3n) is 3.36. The van der Waals surface area contributed by atoms with Crippen LogP contribution in [0.15, 0.2) is 24.5 Å². The Balaban J connectivity index is 1.60. The number of aromatic nitrogens is 3. The number of aromatic amines is 1. The van der Waals surface area contributed by atoms with Gasteiger partial charge in [-0.2, -0.15) is 5.10 Å². The summed E-state index contributed by atoms with van der Waals surface area (Å²) < 4.78 is 0. The van der Waals surface area contributed by atoms with E-state index in [-0.39, 0.29) is 0 Å². The fraction of sp³-hybridized carbons (Fsp3) is 0.385. The predicted molar refractivity (Wildman–Crippen MR) is 70.3 cm³/mol. The summed E-state index contributed by atoms with van der Waals surface area (Å²) >= 11 is 0. The first kappa shape index (κ1) is 11.2. The molecule has 18 heavy (non-hydrogen) atoms. The molecule has 0 saturated carbocycles. The van der Waals surface area contributed by atoms with E-state index in [0.29, 0.717) is 0 Å². The average molecular weight is 243 g/mol. The van der Waals surface area contributed by atoms with E-state index in [2.05, 4.69) is 50.6 Å². The maximum atomic E-state index is 4.08. The molecule has 0 fully saturated rings. The maximum absolute atomic E-state index is 4.08. The largest absolute Gasteiger partial charge is 0.374 e. The molecule has 2 N–H and O–H groups in total. The summed E-state index contributed by atoms with van der Waals surface area (Å²) in [5, 5.41) is 10.0. The lowest BCUT2D eigenvalue weighted by molar-refractivity contribution is 0.664. The Labute approximate surface area is 106 Å². The Morgan fingerprint density at radius 2 is 2.33 bits per heavy atom. The highest BCUT2D eigenvalue weighted by Gasteiger charge is 2.15. The van der Waals surface area contributed by atoms with Gasteiger partial charge in [-0.15, -0.1) is 0 Å². The van der Waals surface area contributed by atoms with Crippen LogP contribution in [0.1, 0.15) is 17.0 Å². The minimum absolute atomic E-state index is 0.719. The van der Waals surface area contributed by atoms with Crippen molar-refractivity contribution < 1.29 is 0 Å². The minimum Gasteiger partial charge on any atom is -0.374 e. The van der Waals surface area contributed by atoms with Crippen molar-refractivity contribution in [3.63, 3.8) is 0 Å². The molecule has 2 heterocycles. The van der Waals surface area contributed by atoms with Crippen LogP contribution in [-0.4, -0.2) is 28.8 Å². The van der Waals surface area contributed by atoms with Crippen molar-refractivity contribution in [2.45, 2.75) is 19.5 Å². The molecule has 1 aromatic carbocycles. The van der Waals surface area contributed by atoms with Gasteiger partial charge in [-0.25, -0.2) is 4.98 Å². The van der Waals surface area contributed by atoms with E-state index >= 15 is 0 Å². The molecule has 0 bridgehead atoms. The van der Waals surface area contributed by atoms with E-state index < -0.39 is 0 Å². The van der Waals surface area contributed by atoms with E-state index in [9.17, 15) is 0 Å². The molecule has 0 aliphatic carbocycles. The summed E-state index contributed by atoms with van der Waals surface area (Å²) in [6.45, 7) is 2.71. The van der Waals surface area contributed by atoms with Crippen LogP contribution in [0.5, 0.6) is 0 Å². The van der Waals surface area contributed by atoms with Crippen molar-refractivity contribution >= 4 is 5.69 Å². The van der Waals surface area contributed by atoms with Crippen LogP contribution in [0.3, 0.4) is 0 Å². The van der Waals surface area contributed by atoms with Crippen LogP contribution in [0.4, 0.5) is 5.69 Å². The molecule has 94 valence electrons. The monoisotopic (exact) mass is 243 g/mol. The molecule has 0 spiro atoms. The first-order valence-electron chi connectivity index (χ1n) is 6.21. The van der Waals surface area contributed by atoms with Gasteiger partial charge < -0.3 is 10.2 Å². The number of likely N-dealkylation sites (N-methyl/N-ethyl adjacent to an activating group) is 1. The van der Waals surface area contributed by atoms with Crippen molar-refractivity contribution in [2.75, 3.05) is 18.5 Å². The normalized spacial score (nSPS) is 13.9. The van der Waals surface area contributed by atoms with Crippen molar-refractivity contribution in [1.82, 2.24) is 20.5 Å². The molecule has 0 saturated heterocycles. The average Bonchev–Trinajstić information content (AvgIpc) is 3.00. The second kappa shape index (κ2) is 4.78. The summed E-state index contributed by atoms with van der Waals surface area (Å²) in [5.74, 6) is 0.871. The molecule has 5 nitrogen and oxygen atoms in total. The number of nitrogens with zero attached hydrogens (tertiary/aromatic N) is 3. The number of fused-ring (bicyclic) bond motifs is 1. The Kier molecular flexibility index (Phi) is 2.98. The summed E-state index contributed by atoms with van der Waals surface area (Å²) in [4.78, 5) is 6.39. The Hall–Kier alpha value is -1.88. The fourth-order valence-corrected chi connectivity index (χ4v) is 2.37. The molecular formula is C13H17N5. The van der Waals surface area contributed by atoms with E-state index in [1.807, 2.05) is 0 Å². The maximum Gasteiger partial charge on any atom is 0.138 e. The summed E-state index contributed by atoms with van der Waals surface area (Å²) in [5.41, 5.74) is 4.15. The molecular weight excluding hydrogens is 226 g/mol. The zero-order chi connectivity index (χ0) is 12.4. The third-order valence-corrected chi connectivity index (χ3v) is 3.36. The van der Waals surface area contributed by atoms with Gasteiger partial charge >= 0.3 is 0 Å². The molecule has 3 rings (SSSR count). The Morgan fingerprint density at radius 1 is 1.39 bits per heavy atom. The first-order chi connectivity index (χ1) is 8.83. The van der Waals surface area contributed by atoms with E-state index in [0.717, 1.165) is 31.9 Å². The zero-order valence-electron chi connectivity index (χ0n) is 10.5. The molecule has 0 radical (unpaired) electrons. The van der Waals surface area contributed by atoms with Crippen LogP contribution in [-0.2, 0) is 19.5 Å². The predicted octanol–water partition coefficient (Wildman–Crippen LogP) is 1.09. The van der Waals surface area contributed by atoms with Gasteiger partial charge in [0, 0.05) is 25.8 Å². The molecule has 2 aromatic rings. The van der Waals surface area contributed by atoms with Crippen molar-refractivity contribution in [1.29, 1.82) is 0 Å². The van der Waals surface area contributed by atoms with E-state index in [1.54, 1.807) is 0 Å². The molecule has 1 aromatic heterocycles. The number of hydrogen-bond donors (Lipinski definition) is 2. The SMILES string of the molecule is CN1CCc2cc(CNCc3ncn[nH]3)ccc21. The second-order valence-electron chi connectivity index (χ2n) is 4.67. The van der Waals surface area contributed by atoms with Crippen molar-refractivity contribution in [3.8, 4) is 0 Å². The fourth-order valence-electron chi connectivity index (χ4n) is 2.37. The molecule has 5 heteroatoms. The number of nitrogens with one attached hydrogen (secondary N) is 2. The highest BCUT2D eigenvalue weighted by Crippen LogP contribution is 2.27. The number of anilines is 1. The molecule has 1 aliphatic heterocycles. The lowest BCUT2D eigenvalue weighted by Gasteiger charge is -2.12. The van der Waals surface area contributed by atoms with Crippen LogP contribution in [0, 0.1) is 0 Å². The van der Waals surface area contributed by atoms with Crippen molar-refractivity contribution in [3.05, 3.63) is 41.5 Å². The number of H-pyrrole nitrogens is 1. The van der Waals surface area contributed by atoms with Gasteiger partial charge in [0.2, 0.25) is 0 Å². The van der Waals surface area contributed by atoms with Crippen LogP contribution < -0.4 is 10.2 Å². The standard InChI is InChI=1S/C13H17N5/c1-18-5-4-11-6-10(2-3-12(11)18)7-14-8-13-15-9-16-17-13/h2-3,6,9,14H,4-5,7-8H2,1H3,(H,15,16,17). The molecule has 0 atom stereocenters. The second-order valence-corrected chi connectivity index (χ2v) is 4.67. The molecule has 0 amide bonds. The highest BCUT2D eigenvalue weighted by molar-refractivity contribution is 5.58. The number of hydrogen-bond acceptors (Lipinski definition) is 4. The molecule has 0 unspecified atom stereocenters. The third kappa shape index (κ3) is 2.22. The van der Waals surface area contributed by atoms with Crippen LogP contribution >= 0.6 is 0 Å². The van der Waals surface area contributed by atoms with Gasteiger partial charge in [0.05, 0.1) is 6.54 Å². The van der Waals surface area contributed by atoms with E-state index in [1.165, 1.54) is 23.1 Å². The van der Waals surface area contributed by atoms with Crippen LogP contribution in [0.2, 0.25) is 0 Å². The quantitative estimate of drug-likeness (QED) is 0.844. The van der Waals surface area contributed by atoms with Gasteiger partial charge in [0.1, 0.15) is 12.2 Å². The lowest BCUT2D eigenvalue weighted by Crippen LogP contribution is -2.14. The number of rotatable bonds is 4. The smallest absolute Gasteiger partial charge is 0.138 e. The summed E-state index contributed by atoms with van der Waals surface area (Å²) in [7, 11) is 2.15. The lowest BCUT2D eigenvalue weighted by atomic mass is 10.1. The Bertz CT molecular complexity index is 520. The van der Waals surface area contributed by atoms with Gasteiger partial charge in [-0.3, -0.25) is 5.10 Å². The minimum atomic E-state index is 0.719. The van der Waals surface area contributed by atoms with Gasteiger partial charge in [0.25, 0.3) is 0 Å². The zero-order valence-corrected chi connectivity index (χ0v) is 10.5. The van der Waals surface area contributed by atoms with Gasteiger partial charge in [-0.05, 0) is 23.6 Å². The Morgan fingerprint density at radius 3 is 3.17 bits per heavy atom. The van der Waals surface area contributed by atoms with Crippen molar-refractivity contribution in [2.24, 2.45) is 0 Å². The topological polar surface area (TPSA) is 56.8 Å². The summed E-state index contributed by atoms with van der Waals surface area (Å²) in [6.07, 6.45) is 2.68. The van der Waals surface area contributed by atoms with Crippen LogP contribution in [0.25, 0.3) is 0 Å². The molecule has 1 aliphatic rings. The van der Waals surface area contributed by atoms with Gasteiger partial charge in [-0.1, -0.05) is 12.1 Å².